The first-order valence-corrected chi connectivity index (χ1v) is 5.66. The van der Waals surface area contributed by atoms with Crippen molar-refractivity contribution >= 4 is 5.91 Å². The van der Waals surface area contributed by atoms with Gasteiger partial charge in [-0.15, -0.1) is 0 Å². The largest absolute Gasteiger partial charge is 0.467 e. The summed E-state index contributed by atoms with van der Waals surface area (Å²) < 4.78 is 5.12. The molecule has 2 N–H and O–H groups in total. The Morgan fingerprint density at radius 1 is 1.44 bits per heavy atom. The highest BCUT2D eigenvalue weighted by Crippen LogP contribution is 2.04. The average molecular weight is 246 g/mol. The van der Waals surface area contributed by atoms with Crippen molar-refractivity contribution in [2.75, 3.05) is 6.61 Å². The third-order valence-electron chi connectivity index (χ3n) is 2.45. The molecule has 2 heterocycles. The minimum atomic E-state index is -0.187. The topological polar surface area (TPSA) is 75.4 Å². The molecule has 0 aliphatic heterocycles. The van der Waals surface area contributed by atoms with E-state index in [2.05, 4.69) is 10.3 Å². The van der Waals surface area contributed by atoms with Gasteiger partial charge in [-0.2, -0.15) is 0 Å². The van der Waals surface area contributed by atoms with Crippen molar-refractivity contribution in [3.8, 4) is 0 Å². The van der Waals surface area contributed by atoms with Crippen LogP contribution in [0.1, 0.15) is 21.8 Å². The second-order valence-corrected chi connectivity index (χ2v) is 3.77. The van der Waals surface area contributed by atoms with Gasteiger partial charge in [0.2, 0.25) is 0 Å². The fourth-order valence-electron chi connectivity index (χ4n) is 1.55. The van der Waals surface area contributed by atoms with Crippen molar-refractivity contribution in [3.05, 3.63) is 53.7 Å². The summed E-state index contributed by atoms with van der Waals surface area (Å²) in [4.78, 5) is 15.9. The number of aliphatic hydroxyl groups is 1. The number of hydrogen-bond acceptors (Lipinski definition) is 4. The fourth-order valence-corrected chi connectivity index (χ4v) is 1.55. The van der Waals surface area contributed by atoms with Crippen LogP contribution in [0.2, 0.25) is 0 Å². The van der Waals surface area contributed by atoms with Crippen LogP contribution in [0, 0.1) is 0 Å². The average Bonchev–Trinajstić information content (AvgIpc) is 2.90. The zero-order valence-electron chi connectivity index (χ0n) is 9.80. The van der Waals surface area contributed by atoms with Crippen LogP contribution in [-0.4, -0.2) is 22.6 Å². The highest BCUT2D eigenvalue weighted by molar-refractivity contribution is 5.94. The zero-order valence-corrected chi connectivity index (χ0v) is 9.80. The first-order valence-electron chi connectivity index (χ1n) is 5.66. The van der Waals surface area contributed by atoms with Gasteiger partial charge >= 0.3 is 0 Å². The van der Waals surface area contributed by atoms with E-state index >= 15 is 0 Å². The number of rotatable bonds is 5. The van der Waals surface area contributed by atoms with E-state index in [0.717, 1.165) is 0 Å². The van der Waals surface area contributed by atoms with Gasteiger partial charge in [-0.25, -0.2) is 0 Å². The minimum absolute atomic E-state index is 0.0183. The summed E-state index contributed by atoms with van der Waals surface area (Å²) in [5.41, 5.74) is 1.23. The van der Waals surface area contributed by atoms with Gasteiger partial charge in [-0.3, -0.25) is 9.78 Å². The molecule has 0 saturated carbocycles. The van der Waals surface area contributed by atoms with Crippen molar-refractivity contribution < 1.29 is 14.3 Å². The van der Waals surface area contributed by atoms with Crippen molar-refractivity contribution in [2.45, 2.75) is 13.0 Å². The second-order valence-electron chi connectivity index (χ2n) is 3.77. The maximum absolute atomic E-state index is 11.9. The Balaban J connectivity index is 1.97. The number of nitrogens with one attached hydrogen (secondary N) is 1. The second kappa shape index (κ2) is 5.97. The van der Waals surface area contributed by atoms with Crippen molar-refractivity contribution in [1.82, 2.24) is 10.3 Å². The predicted octanol–water partition coefficient (Wildman–Crippen LogP) is 1.14. The van der Waals surface area contributed by atoms with Gasteiger partial charge in [0.05, 0.1) is 12.8 Å². The normalized spacial score (nSPS) is 10.3. The molecule has 5 heteroatoms. The molecule has 0 aliphatic rings. The van der Waals surface area contributed by atoms with Gasteiger partial charge in [0.25, 0.3) is 5.91 Å². The Hall–Kier alpha value is -2.14. The first-order chi connectivity index (χ1) is 8.79. The number of aliphatic hydroxyl groups excluding tert-OH is 1. The van der Waals surface area contributed by atoms with Crippen LogP contribution < -0.4 is 5.32 Å². The van der Waals surface area contributed by atoms with Gasteiger partial charge in [0.15, 0.2) is 0 Å². The smallest absolute Gasteiger partial charge is 0.251 e. The number of amides is 1. The zero-order chi connectivity index (χ0) is 12.8. The molecule has 2 aromatic heterocycles. The quantitative estimate of drug-likeness (QED) is 0.829. The Morgan fingerprint density at radius 2 is 2.33 bits per heavy atom. The van der Waals surface area contributed by atoms with E-state index in [1.54, 1.807) is 36.7 Å². The van der Waals surface area contributed by atoms with E-state index in [-0.39, 0.29) is 12.5 Å². The molecular formula is C13H14N2O3. The lowest BCUT2D eigenvalue weighted by atomic mass is 10.2. The van der Waals surface area contributed by atoms with Crippen LogP contribution >= 0.6 is 0 Å². The SMILES string of the molecule is O=C(NCc1ccco1)c1ccnc(CCO)c1. The Morgan fingerprint density at radius 3 is 3.06 bits per heavy atom. The fraction of sp³-hybridized carbons (Fsp3) is 0.231. The molecule has 0 aliphatic carbocycles. The predicted molar refractivity (Wildman–Crippen MR) is 64.9 cm³/mol. The Labute approximate surface area is 104 Å². The van der Waals surface area contributed by atoms with Gasteiger partial charge in [0.1, 0.15) is 5.76 Å². The van der Waals surface area contributed by atoms with Crippen molar-refractivity contribution in [1.29, 1.82) is 0 Å². The van der Waals surface area contributed by atoms with Gasteiger partial charge in [-0.05, 0) is 24.3 Å². The van der Waals surface area contributed by atoms with E-state index in [9.17, 15) is 4.79 Å². The standard InChI is InChI=1S/C13H14N2O3/c16-6-4-11-8-10(3-5-14-11)13(17)15-9-12-2-1-7-18-12/h1-3,5,7-8,16H,4,6,9H2,(H,15,17). The third kappa shape index (κ3) is 3.18. The molecule has 0 saturated heterocycles. The molecule has 5 nitrogen and oxygen atoms in total. The molecular weight excluding hydrogens is 232 g/mol. The van der Waals surface area contributed by atoms with Crippen molar-refractivity contribution in [3.63, 3.8) is 0 Å². The molecule has 0 atom stereocenters. The van der Waals surface area contributed by atoms with E-state index < -0.39 is 0 Å². The van der Waals surface area contributed by atoms with Crippen LogP contribution in [0.4, 0.5) is 0 Å². The number of pyridine rings is 1. The molecule has 2 rings (SSSR count). The maximum atomic E-state index is 11.9. The summed E-state index contributed by atoms with van der Waals surface area (Å²) >= 11 is 0. The van der Waals surface area contributed by atoms with Crippen LogP contribution in [0.5, 0.6) is 0 Å². The third-order valence-corrected chi connectivity index (χ3v) is 2.45. The first kappa shape index (κ1) is 12.3. The molecule has 0 spiro atoms. The number of aromatic nitrogens is 1. The summed E-state index contributed by atoms with van der Waals surface area (Å²) in [6.07, 6.45) is 3.57. The Kier molecular flexibility index (Phi) is 4.09. The lowest BCUT2D eigenvalue weighted by Gasteiger charge is -2.04. The number of hydrogen-bond donors (Lipinski definition) is 2. The monoisotopic (exact) mass is 246 g/mol. The molecule has 0 unspecified atom stereocenters. The van der Waals surface area contributed by atoms with E-state index in [1.807, 2.05) is 0 Å². The van der Waals surface area contributed by atoms with Crippen molar-refractivity contribution in [2.24, 2.45) is 0 Å². The number of furan rings is 1. The summed E-state index contributed by atoms with van der Waals surface area (Å²) in [6.45, 7) is 0.369. The van der Waals surface area contributed by atoms with E-state index in [4.69, 9.17) is 9.52 Å². The molecule has 1 amide bonds. The highest BCUT2D eigenvalue weighted by atomic mass is 16.3. The lowest BCUT2D eigenvalue weighted by Crippen LogP contribution is -2.22. The van der Waals surface area contributed by atoms with Gasteiger partial charge in [-0.1, -0.05) is 0 Å². The summed E-state index contributed by atoms with van der Waals surface area (Å²) in [7, 11) is 0. The molecule has 0 fully saturated rings. The van der Waals surface area contributed by atoms with E-state index in [0.29, 0.717) is 30.0 Å². The number of carbonyl (C=O) groups is 1. The van der Waals surface area contributed by atoms with Crippen LogP contribution in [-0.2, 0) is 13.0 Å². The number of nitrogens with zero attached hydrogens (tertiary/aromatic N) is 1. The van der Waals surface area contributed by atoms with Gasteiger partial charge < -0.3 is 14.8 Å². The molecule has 0 radical (unpaired) electrons. The van der Waals surface area contributed by atoms with E-state index in [1.165, 1.54) is 0 Å². The summed E-state index contributed by atoms with van der Waals surface area (Å²) in [6, 6.07) is 6.88. The van der Waals surface area contributed by atoms with Crippen LogP contribution in [0.25, 0.3) is 0 Å². The molecule has 2 aromatic rings. The molecule has 18 heavy (non-hydrogen) atoms. The van der Waals surface area contributed by atoms with Crippen LogP contribution in [0.15, 0.2) is 41.1 Å². The lowest BCUT2D eigenvalue weighted by molar-refractivity contribution is 0.0947. The van der Waals surface area contributed by atoms with Gasteiger partial charge in [0, 0.05) is 30.5 Å². The minimum Gasteiger partial charge on any atom is -0.467 e. The molecule has 94 valence electrons. The Bertz CT molecular complexity index is 509. The maximum Gasteiger partial charge on any atom is 0.251 e. The highest BCUT2D eigenvalue weighted by Gasteiger charge is 2.07. The number of carbonyl (C=O) groups excluding carboxylic acids is 1. The summed E-state index contributed by atoms with van der Waals surface area (Å²) in [5.74, 6) is 0.515. The summed E-state index contributed by atoms with van der Waals surface area (Å²) in [5, 5.41) is 11.6. The molecule has 0 aromatic carbocycles. The molecule has 0 bridgehead atoms. The van der Waals surface area contributed by atoms with Crippen LogP contribution in [0.3, 0.4) is 0 Å².